The van der Waals surface area contributed by atoms with Gasteiger partial charge < -0.3 is 14.4 Å². The lowest BCUT2D eigenvalue weighted by Crippen LogP contribution is -2.38. The third-order valence-corrected chi connectivity index (χ3v) is 5.52. The number of hydrogen-bond acceptors (Lipinski definition) is 3. The number of methoxy groups -OCH3 is 2. The van der Waals surface area contributed by atoms with Crippen LogP contribution in [0.1, 0.15) is 30.9 Å². The number of amides is 1. The molecule has 1 amide bonds. The van der Waals surface area contributed by atoms with Crippen LogP contribution in [-0.4, -0.2) is 31.6 Å². The molecule has 1 aliphatic rings. The first-order valence-electron chi connectivity index (χ1n) is 8.80. The number of likely N-dealkylation sites (N-methyl/N-ethyl adjacent to an activating group) is 1. The van der Waals surface area contributed by atoms with E-state index in [0.29, 0.717) is 24.6 Å². The lowest BCUT2D eigenvalue weighted by atomic mass is 9.94. The molecule has 0 atom stereocenters. The van der Waals surface area contributed by atoms with Crippen LogP contribution >= 0.6 is 15.9 Å². The Labute approximate surface area is 163 Å². The average molecular weight is 418 g/mol. The SMILES string of the molecule is CCN(Cc1ccc(OC)c(OC)c1)C(=O)C1(c2cccc(Br)c2)CC1. The third-order valence-electron chi connectivity index (χ3n) is 5.03. The van der Waals surface area contributed by atoms with Crippen LogP contribution in [0.2, 0.25) is 0 Å². The fourth-order valence-electron chi connectivity index (χ4n) is 3.37. The average Bonchev–Trinajstić information content (AvgIpc) is 3.47. The molecule has 0 bridgehead atoms. The van der Waals surface area contributed by atoms with Crippen molar-refractivity contribution in [3.8, 4) is 11.5 Å². The standard InChI is InChI=1S/C21H24BrNO3/c1-4-23(14-15-8-9-18(25-2)19(12-15)26-3)20(24)21(10-11-21)16-6-5-7-17(22)13-16/h5-9,12-13H,4,10-11,14H2,1-3H3. The van der Waals surface area contributed by atoms with E-state index >= 15 is 0 Å². The summed E-state index contributed by atoms with van der Waals surface area (Å²) in [5.41, 5.74) is 1.77. The van der Waals surface area contributed by atoms with Gasteiger partial charge in [0, 0.05) is 17.6 Å². The number of rotatable bonds is 7. The van der Waals surface area contributed by atoms with Gasteiger partial charge in [0.05, 0.1) is 19.6 Å². The summed E-state index contributed by atoms with van der Waals surface area (Å²) in [5, 5.41) is 0. The molecule has 26 heavy (non-hydrogen) atoms. The molecule has 1 saturated carbocycles. The number of ether oxygens (including phenoxy) is 2. The Hall–Kier alpha value is -2.01. The van der Waals surface area contributed by atoms with Gasteiger partial charge in [0.15, 0.2) is 11.5 Å². The van der Waals surface area contributed by atoms with E-state index in [1.807, 2.05) is 42.2 Å². The minimum atomic E-state index is -0.365. The first-order chi connectivity index (χ1) is 12.5. The first kappa shape index (κ1) is 18.8. The second kappa shape index (κ2) is 7.70. The first-order valence-corrected chi connectivity index (χ1v) is 9.59. The summed E-state index contributed by atoms with van der Waals surface area (Å²) in [5.74, 6) is 1.58. The molecule has 5 heteroatoms. The van der Waals surface area contributed by atoms with Crippen LogP contribution in [0.15, 0.2) is 46.9 Å². The smallest absolute Gasteiger partial charge is 0.233 e. The van der Waals surface area contributed by atoms with Crippen LogP contribution in [0, 0.1) is 0 Å². The van der Waals surface area contributed by atoms with Crippen molar-refractivity contribution in [3.05, 3.63) is 58.1 Å². The Bertz CT molecular complexity index is 802. The summed E-state index contributed by atoms with van der Waals surface area (Å²) >= 11 is 3.52. The van der Waals surface area contributed by atoms with E-state index < -0.39 is 0 Å². The summed E-state index contributed by atoms with van der Waals surface area (Å²) in [6, 6.07) is 13.9. The van der Waals surface area contributed by atoms with Gasteiger partial charge in [-0.05, 0) is 55.2 Å². The van der Waals surface area contributed by atoms with Crippen molar-refractivity contribution in [1.29, 1.82) is 0 Å². The van der Waals surface area contributed by atoms with E-state index in [1.165, 1.54) is 0 Å². The monoisotopic (exact) mass is 417 g/mol. The van der Waals surface area contributed by atoms with Crippen LogP contribution in [0.4, 0.5) is 0 Å². The normalized spacial score (nSPS) is 14.6. The third kappa shape index (κ3) is 3.58. The number of carbonyl (C=O) groups is 1. The van der Waals surface area contributed by atoms with Gasteiger partial charge in [0.1, 0.15) is 0 Å². The molecule has 3 rings (SSSR count). The summed E-state index contributed by atoms with van der Waals surface area (Å²) in [6.07, 6.45) is 1.81. The minimum Gasteiger partial charge on any atom is -0.493 e. The highest BCUT2D eigenvalue weighted by atomic mass is 79.9. The Morgan fingerprint density at radius 2 is 1.85 bits per heavy atom. The fourth-order valence-corrected chi connectivity index (χ4v) is 3.77. The lowest BCUT2D eigenvalue weighted by molar-refractivity contribution is -0.134. The zero-order chi connectivity index (χ0) is 18.7. The van der Waals surface area contributed by atoms with Crippen molar-refractivity contribution in [2.24, 2.45) is 0 Å². The highest BCUT2D eigenvalue weighted by molar-refractivity contribution is 9.10. The number of carbonyl (C=O) groups excluding carboxylic acids is 1. The van der Waals surface area contributed by atoms with Crippen molar-refractivity contribution in [2.75, 3.05) is 20.8 Å². The highest BCUT2D eigenvalue weighted by Gasteiger charge is 2.52. The maximum atomic E-state index is 13.3. The molecule has 0 aromatic heterocycles. The topological polar surface area (TPSA) is 38.8 Å². The largest absolute Gasteiger partial charge is 0.493 e. The van der Waals surface area contributed by atoms with E-state index in [2.05, 4.69) is 28.1 Å². The molecule has 0 N–H and O–H groups in total. The summed E-state index contributed by atoms with van der Waals surface area (Å²) in [6.45, 7) is 3.25. The van der Waals surface area contributed by atoms with Crippen LogP contribution in [0.5, 0.6) is 11.5 Å². The zero-order valence-electron chi connectivity index (χ0n) is 15.4. The molecule has 1 fully saturated rings. The van der Waals surface area contributed by atoms with Crippen LogP contribution in [0.25, 0.3) is 0 Å². The highest BCUT2D eigenvalue weighted by Crippen LogP contribution is 2.50. The van der Waals surface area contributed by atoms with Gasteiger partial charge in [-0.25, -0.2) is 0 Å². The second-order valence-corrected chi connectivity index (χ2v) is 7.52. The van der Waals surface area contributed by atoms with E-state index in [-0.39, 0.29) is 11.3 Å². The predicted octanol–water partition coefficient (Wildman–Crippen LogP) is 4.55. The molecule has 0 aliphatic heterocycles. The minimum absolute atomic E-state index is 0.202. The Morgan fingerprint density at radius 1 is 1.12 bits per heavy atom. The van der Waals surface area contributed by atoms with E-state index in [1.54, 1.807) is 14.2 Å². The molecule has 0 spiro atoms. The van der Waals surface area contributed by atoms with Crippen LogP contribution in [0.3, 0.4) is 0 Å². The molecule has 0 unspecified atom stereocenters. The molecular formula is C21H24BrNO3. The van der Waals surface area contributed by atoms with E-state index in [9.17, 15) is 4.79 Å². The molecule has 1 aliphatic carbocycles. The van der Waals surface area contributed by atoms with E-state index in [0.717, 1.165) is 28.4 Å². The number of hydrogen-bond donors (Lipinski definition) is 0. The lowest BCUT2D eigenvalue weighted by Gasteiger charge is -2.27. The second-order valence-electron chi connectivity index (χ2n) is 6.60. The molecule has 0 radical (unpaired) electrons. The van der Waals surface area contributed by atoms with Gasteiger partial charge in [0.2, 0.25) is 5.91 Å². The quantitative estimate of drug-likeness (QED) is 0.663. The zero-order valence-corrected chi connectivity index (χ0v) is 17.0. The molecular weight excluding hydrogens is 394 g/mol. The van der Waals surface area contributed by atoms with Gasteiger partial charge in [-0.15, -0.1) is 0 Å². The maximum absolute atomic E-state index is 13.3. The van der Waals surface area contributed by atoms with Gasteiger partial charge in [-0.2, -0.15) is 0 Å². The maximum Gasteiger partial charge on any atom is 0.233 e. The van der Waals surface area contributed by atoms with Crippen LogP contribution in [-0.2, 0) is 16.8 Å². The van der Waals surface area contributed by atoms with Crippen molar-refractivity contribution < 1.29 is 14.3 Å². The van der Waals surface area contributed by atoms with Gasteiger partial charge in [0.25, 0.3) is 0 Å². The molecule has 4 nitrogen and oxygen atoms in total. The number of nitrogens with zero attached hydrogens (tertiary/aromatic N) is 1. The Kier molecular flexibility index (Phi) is 5.56. The van der Waals surface area contributed by atoms with E-state index in [4.69, 9.17) is 9.47 Å². The molecule has 138 valence electrons. The van der Waals surface area contributed by atoms with Crippen molar-refractivity contribution >= 4 is 21.8 Å². The van der Waals surface area contributed by atoms with Gasteiger partial charge >= 0.3 is 0 Å². The summed E-state index contributed by atoms with van der Waals surface area (Å²) < 4.78 is 11.7. The number of halogens is 1. The molecule has 0 heterocycles. The predicted molar refractivity (Wildman–Crippen MR) is 106 cm³/mol. The fraction of sp³-hybridized carbons (Fsp3) is 0.381. The van der Waals surface area contributed by atoms with Gasteiger partial charge in [-0.3, -0.25) is 4.79 Å². The Balaban J connectivity index is 1.82. The molecule has 0 saturated heterocycles. The van der Waals surface area contributed by atoms with Crippen molar-refractivity contribution in [1.82, 2.24) is 4.90 Å². The van der Waals surface area contributed by atoms with Gasteiger partial charge in [-0.1, -0.05) is 34.1 Å². The molecule has 2 aromatic carbocycles. The number of benzene rings is 2. The van der Waals surface area contributed by atoms with Crippen LogP contribution < -0.4 is 9.47 Å². The molecule has 2 aromatic rings. The summed E-state index contributed by atoms with van der Waals surface area (Å²) in [7, 11) is 3.24. The van der Waals surface area contributed by atoms with Crippen molar-refractivity contribution in [3.63, 3.8) is 0 Å². The Morgan fingerprint density at radius 3 is 2.42 bits per heavy atom. The van der Waals surface area contributed by atoms with Crippen molar-refractivity contribution in [2.45, 2.75) is 31.7 Å². The summed E-state index contributed by atoms with van der Waals surface area (Å²) in [4.78, 5) is 15.2.